The fraction of sp³-hybridized carbons (Fsp3) is 0.909. The Morgan fingerprint density at radius 3 is 2.27 bits per heavy atom. The number of amides is 1. The zero-order valence-electron chi connectivity index (χ0n) is 9.19. The highest BCUT2D eigenvalue weighted by atomic mass is 79.9. The Bertz CT molecular complexity index is 211. The molecule has 15 heavy (non-hydrogen) atoms. The van der Waals surface area contributed by atoms with E-state index in [0.29, 0.717) is 0 Å². The Kier molecular flexibility index (Phi) is 5.61. The molecule has 1 amide bonds. The maximum Gasteiger partial charge on any atom is 0.223 e. The predicted molar refractivity (Wildman–Crippen MR) is 70.7 cm³/mol. The second kappa shape index (κ2) is 6.24. The fourth-order valence-corrected chi connectivity index (χ4v) is 3.08. The average molecular weight is 341 g/mol. The van der Waals surface area contributed by atoms with Crippen LogP contribution in [0.15, 0.2) is 0 Å². The lowest BCUT2D eigenvalue weighted by Crippen LogP contribution is -2.51. The number of alkyl halides is 2. The standard InChI is InChI=1S/C11H19Br2NO/c1-11(7-12,8-13)14-10(15)9-5-3-2-4-6-9/h9H,2-8H2,1H3,(H,14,15). The molecule has 0 saturated heterocycles. The molecule has 0 radical (unpaired) electrons. The third-order valence-corrected chi connectivity index (χ3v) is 5.47. The Labute approximate surface area is 109 Å². The van der Waals surface area contributed by atoms with Crippen molar-refractivity contribution in [2.45, 2.75) is 44.6 Å². The largest absolute Gasteiger partial charge is 0.349 e. The molecule has 0 aromatic carbocycles. The normalized spacial score (nSPS) is 18.9. The molecule has 0 aromatic heterocycles. The van der Waals surface area contributed by atoms with E-state index in [4.69, 9.17) is 0 Å². The van der Waals surface area contributed by atoms with Crippen molar-refractivity contribution >= 4 is 37.8 Å². The van der Waals surface area contributed by atoms with E-state index in [1.54, 1.807) is 0 Å². The van der Waals surface area contributed by atoms with Crippen molar-refractivity contribution in [1.82, 2.24) is 5.32 Å². The van der Waals surface area contributed by atoms with Crippen LogP contribution < -0.4 is 5.32 Å². The summed E-state index contributed by atoms with van der Waals surface area (Å²) in [6, 6.07) is 0. The minimum atomic E-state index is -0.158. The van der Waals surface area contributed by atoms with E-state index in [2.05, 4.69) is 44.1 Å². The van der Waals surface area contributed by atoms with Crippen LogP contribution in [0, 0.1) is 5.92 Å². The first-order valence-corrected chi connectivity index (χ1v) is 7.79. The molecule has 1 aliphatic carbocycles. The molecule has 4 heteroatoms. The van der Waals surface area contributed by atoms with E-state index < -0.39 is 0 Å². The molecule has 1 saturated carbocycles. The van der Waals surface area contributed by atoms with Crippen LogP contribution in [0.25, 0.3) is 0 Å². The van der Waals surface area contributed by atoms with Gasteiger partial charge in [0.2, 0.25) is 5.91 Å². The van der Waals surface area contributed by atoms with Gasteiger partial charge in [-0.3, -0.25) is 4.79 Å². The summed E-state index contributed by atoms with van der Waals surface area (Å²) in [5.74, 6) is 0.479. The quantitative estimate of drug-likeness (QED) is 0.782. The molecule has 1 aliphatic rings. The van der Waals surface area contributed by atoms with Crippen molar-refractivity contribution < 1.29 is 4.79 Å². The summed E-state index contributed by atoms with van der Waals surface area (Å²) in [6.45, 7) is 2.05. The molecule has 88 valence electrons. The lowest BCUT2D eigenvalue weighted by Gasteiger charge is -2.30. The van der Waals surface area contributed by atoms with E-state index in [1.807, 2.05) is 0 Å². The predicted octanol–water partition coefficient (Wildman–Crippen LogP) is 3.23. The molecule has 2 nitrogen and oxygen atoms in total. The molecule has 0 unspecified atom stereocenters. The molecule has 1 fully saturated rings. The maximum absolute atomic E-state index is 12.0. The third-order valence-electron chi connectivity index (χ3n) is 2.99. The zero-order valence-corrected chi connectivity index (χ0v) is 12.4. The van der Waals surface area contributed by atoms with Gasteiger partial charge in [-0.05, 0) is 19.8 Å². The van der Waals surface area contributed by atoms with Crippen molar-refractivity contribution in [2.24, 2.45) is 5.92 Å². The summed E-state index contributed by atoms with van der Waals surface area (Å²) in [5, 5.41) is 4.69. The van der Waals surface area contributed by atoms with Crippen LogP contribution in [-0.2, 0) is 4.79 Å². The molecule has 0 atom stereocenters. The van der Waals surface area contributed by atoms with E-state index in [1.165, 1.54) is 19.3 Å². The summed E-state index contributed by atoms with van der Waals surface area (Å²) in [5.41, 5.74) is -0.158. The highest BCUT2D eigenvalue weighted by Gasteiger charge is 2.28. The number of nitrogens with one attached hydrogen (secondary N) is 1. The molecule has 0 aliphatic heterocycles. The van der Waals surface area contributed by atoms with Gasteiger partial charge in [0.25, 0.3) is 0 Å². The Morgan fingerprint density at radius 2 is 1.80 bits per heavy atom. The highest BCUT2D eigenvalue weighted by molar-refractivity contribution is 9.09. The van der Waals surface area contributed by atoms with Crippen LogP contribution in [0.2, 0.25) is 0 Å². The van der Waals surface area contributed by atoms with E-state index >= 15 is 0 Å². The van der Waals surface area contributed by atoms with Gasteiger partial charge in [-0.15, -0.1) is 0 Å². The van der Waals surface area contributed by atoms with Crippen LogP contribution in [0.3, 0.4) is 0 Å². The minimum absolute atomic E-state index is 0.158. The molecule has 1 rings (SSSR count). The second-order valence-electron chi connectivity index (χ2n) is 4.65. The zero-order chi connectivity index (χ0) is 11.3. The highest BCUT2D eigenvalue weighted by Crippen LogP contribution is 2.24. The van der Waals surface area contributed by atoms with Crippen LogP contribution >= 0.6 is 31.9 Å². The van der Waals surface area contributed by atoms with Gasteiger partial charge in [0.15, 0.2) is 0 Å². The van der Waals surface area contributed by atoms with Crippen LogP contribution in [0.1, 0.15) is 39.0 Å². The van der Waals surface area contributed by atoms with Crippen molar-refractivity contribution in [3.8, 4) is 0 Å². The summed E-state index contributed by atoms with van der Waals surface area (Å²) in [7, 11) is 0. The monoisotopic (exact) mass is 339 g/mol. The number of halogens is 2. The molecule has 0 heterocycles. The summed E-state index contributed by atoms with van der Waals surface area (Å²) < 4.78 is 0. The smallest absolute Gasteiger partial charge is 0.223 e. The first kappa shape index (κ1) is 13.5. The van der Waals surface area contributed by atoms with Crippen LogP contribution in [-0.4, -0.2) is 22.1 Å². The Balaban J connectivity index is 2.46. The first-order chi connectivity index (χ1) is 7.11. The summed E-state index contributed by atoms with van der Waals surface area (Å²) in [4.78, 5) is 12.0. The van der Waals surface area contributed by atoms with Crippen molar-refractivity contribution in [3.05, 3.63) is 0 Å². The second-order valence-corrected chi connectivity index (χ2v) is 5.77. The van der Waals surface area contributed by atoms with Crippen LogP contribution in [0.5, 0.6) is 0 Å². The lowest BCUT2D eigenvalue weighted by atomic mass is 9.88. The van der Waals surface area contributed by atoms with Crippen LogP contribution in [0.4, 0.5) is 0 Å². The Hall–Kier alpha value is 0.430. The first-order valence-electron chi connectivity index (χ1n) is 5.55. The third kappa shape index (κ3) is 4.06. The number of hydrogen-bond acceptors (Lipinski definition) is 1. The molecule has 1 N–H and O–H groups in total. The summed E-state index contributed by atoms with van der Waals surface area (Å²) in [6.07, 6.45) is 5.83. The van der Waals surface area contributed by atoms with Gasteiger partial charge < -0.3 is 5.32 Å². The summed E-state index contributed by atoms with van der Waals surface area (Å²) >= 11 is 6.88. The molecule has 0 aromatic rings. The number of hydrogen-bond donors (Lipinski definition) is 1. The van der Waals surface area contributed by atoms with Gasteiger partial charge in [0.1, 0.15) is 0 Å². The number of carbonyl (C=O) groups excluding carboxylic acids is 1. The van der Waals surface area contributed by atoms with Gasteiger partial charge >= 0.3 is 0 Å². The van der Waals surface area contributed by atoms with Gasteiger partial charge in [-0.25, -0.2) is 0 Å². The van der Waals surface area contributed by atoms with Crippen molar-refractivity contribution in [1.29, 1.82) is 0 Å². The van der Waals surface area contributed by atoms with Gasteiger partial charge in [-0.1, -0.05) is 51.1 Å². The fourth-order valence-electron chi connectivity index (χ4n) is 1.87. The van der Waals surface area contributed by atoms with Gasteiger partial charge in [0, 0.05) is 16.6 Å². The van der Waals surface area contributed by atoms with E-state index in [-0.39, 0.29) is 17.4 Å². The molecule has 0 bridgehead atoms. The van der Waals surface area contributed by atoms with Gasteiger partial charge in [-0.2, -0.15) is 0 Å². The van der Waals surface area contributed by atoms with Crippen molar-refractivity contribution in [2.75, 3.05) is 10.7 Å². The van der Waals surface area contributed by atoms with Crippen molar-refractivity contribution in [3.63, 3.8) is 0 Å². The average Bonchev–Trinajstić information content (AvgIpc) is 2.30. The number of rotatable bonds is 4. The molecular weight excluding hydrogens is 322 g/mol. The molecule has 0 spiro atoms. The maximum atomic E-state index is 12.0. The minimum Gasteiger partial charge on any atom is -0.349 e. The number of carbonyl (C=O) groups is 1. The molecular formula is C11H19Br2NO. The lowest BCUT2D eigenvalue weighted by molar-refractivity contribution is -0.127. The van der Waals surface area contributed by atoms with E-state index in [9.17, 15) is 4.79 Å². The van der Waals surface area contributed by atoms with E-state index in [0.717, 1.165) is 23.5 Å². The Morgan fingerprint density at radius 1 is 1.27 bits per heavy atom. The van der Waals surface area contributed by atoms with Gasteiger partial charge in [0.05, 0.1) is 5.54 Å². The SMILES string of the molecule is CC(CBr)(CBr)NC(=O)C1CCCCC1. The topological polar surface area (TPSA) is 29.1 Å².